The molecule has 3 aliphatic rings. The molecule has 0 unspecified atom stereocenters. The van der Waals surface area contributed by atoms with Crippen molar-refractivity contribution in [2.24, 2.45) is 71.0 Å². The van der Waals surface area contributed by atoms with Crippen molar-refractivity contribution in [3.63, 3.8) is 0 Å². The Kier molecular flexibility index (Phi) is 40.1. The van der Waals surface area contributed by atoms with Crippen molar-refractivity contribution in [2.45, 2.75) is 211 Å². The summed E-state index contributed by atoms with van der Waals surface area (Å²) < 4.78 is 31.8. The number of hydrogen-bond acceptors (Lipinski definition) is 18. The Balaban J connectivity index is 0.000000342. The van der Waals surface area contributed by atoms with Crippen LogP contribution in [0.3, 0.4) is 0 Å². The molecule has 15 N–H and O–H groups in total. The average Bonchev–Trinajstić information content (AvgIpc) is 1.57. The van der Waals surface area contributed by atoms with Crippen LogP contribution in [0.15, 0.2) is 106 Å². The monoisotopic (exact) mass is 1510 g/mol. The number of carbonyl (C=O) groups excluding carboxylic acids is 3. The molecule has 3 aliphatic heterocycles. The number of aromatic hydroxyl groups is 3. The Bertz CT molecular complexity index is 3190. The summed E-state index contributed by atoms with van der Waals surface area (Å²) in [6.07, 6.45) is 14.7. The van der Waals surface area contributed by atoms with Gasteiger partial charge in [0.1, 0.15) is 11.5 Å². The lowest BCUT2D eigenvalue weighted by Crippen LogP contribution is -2.32. The second-order valence-corrected chi connectivity index (χ2v) is 31.3. The first-order chi connectivity index (χ1) is 51.0. The number of ether oxygens (including phenoxy) is 3. The second kappa shape index (κ2) is 46.3. The summed E-state index contributed by atoms with van der Waals surface area (Å²) in [5.41, 5.74) is 9.23. The number of phenolic OH excluding ortho intramolecular Hbond substituents is 3. The molecular weight excluding hydrogens is 1380 g/mol. The van der Waals surface area contributed by atoms with Gasteiger partial charge in [0.15, 0.2) is 11.6 Å². The number of halogens is 1. The lowest BCUT2D eigenvalue weighted by molar-refractivity contribution is -0.113. The maximum atomic E-state index is 14.7. The van der Waals surface area contributed by atoms with E-state index < -0.39 is 35.8 Å². The molecule has 3 amide bonds. The van der Waals surface area contributed by atoms with Crippen molar-refractivity contribution in [1.29, 1.82) is 0 Å². The van der Waals surface area contributed by atoms with Crippen LogP contribution in [0.1, 0.15) is 169 Å². The molecule has 3 aromatic rings. The minimum Gasteiger partial charge on any atom is -0.508 e. The van der Waals surface area contributed by atoms with E-state index in [4.69, 9.17) is 14.2 Å². The molecule has 108 heavy (non-hydrogen) atoms. The van der Waals surface area contributed by atoms with E-state index >= 15 is 0 Å². The van der Waals surface area contributed by atoms with Gasteiger partial charge in [-0.15, -0.1) is 0 Å². The highest BCUT2D eigenvalue weighted by Crippen LogP contribution is 2.37. The molecule has 0 spiro atoms. The van der Waals surface area contributed by atoms with Gasteiger partial charge in [0.25, 0.3) is 17.7 Å². The van der Waals surface area contributed by atoms with Gasteiger partial charge in [-0.2, -0.15) is 0 Å². The zero-order valence-corrected chi connectivity index (χ0v) is 67.2. The molecule has 18 atom stereocenters. The van der Waals surface area contributed by atoms with Crippen molar-refractivity contribution >= 4 is 34.8 Å². The molecular formula is C86H132FN3O18. The zero-order valence-electron chi connectivity index (χ0n) is 67.2. The number of nitrogens with one attached hydrogen (secondary N) is 3. The Morgan fingerprint density at radius 2 is 0.639 bits per heavy atom. The van der Waals surface area contributed by atoms with Crippen LogP contribution < -0.4 is 16.0 Å². The number of aliphatic hydroxyl groups is 9. The molecule has 3 heterocycles. The molecule has 22 heteroatoms. The number of benzene rings is 3. The smallest absolute Gasteiger partial charge is 0.250 e. The number of hydrogen-bond donors (Lipinski definition) is 15. The summed E-state index contributed by atoms with van der Waals surface area (Å²) in [5.74, 6) is -4.16. The van der Waals surface area contributed by atoms with Gasteiger partial charge in [-0.05, 0) is 213 Å². The molecule has 0 saturated heterocycles. The van der Waals surface area contributed by atoms with Crippen molar-refractivity contribution in [1.82, 2.24) is 0 Å². The highest BCUT2D eigenvalue weighted by molar-refractivity contribution is 6.04. The standard InChI is InChI=1S/2C29H45NO6.C28H42FNO6/c2*1-17-10-23-13-25(14-26(33)21(23)5)30-29(35)18(2)8-7-9-22(15-31)28(36-6)20(4)12-19(3)27(34)24(11-17)16-32;1-16-9-21-12-23(13-24(33)25(21)29)30-28(35)17(2)7-6-8-20(14-31)27(36-5)19(4)11-18(3)26(34)22(10-16)15-32/h2*8,12-14,17,19,22,24,27-28,31-34H,7,9-11,15-16H2,1-6H3,(H,30,35);7,11-13,16,18,20,22,26-27,31-34H,6,8-10,14-15H2,1-5H3,(H,30,35)/b2*18-8+,20-12+;17-7+,19-11+/t2*17-,19+,22-,24-,27-,28+;16-,18+,20-,22-,26-,27+/m111/s1. The lowest BCUT2D eigenvalue weighted by atomic mass is 9.82. The van der Waals surface area contributed by atoms with Crippen molar-refractivity contribution in [3.05, 3.63) is 140 Å². The van der Waals surface area contributed by atoms with Gasteiger partial charge >= 0.3 is 0 Å². The number of methoxy groups -OCH3 is 3. The number of amides is 3. The van der Waals surface area contributed by atoms with Crippen LogP contribution in [0, 0.1) is 90.7 Å². The van der Waals surface area contributed by atoms with E-state index in [0.717, 1.165) is 39.0 Å². The fraction of sp³-hybridized carbons (Fsp3) is 0.616. The van der Waals surface area contributed by atoms with E-state index in [1.807, 2.05) is 105 Å². The molecule has 6 rings (SSSR count). The maximum absolute atomic E-state index is 14.7. The third-order valence-corrected chi connectivity index (χ3v) is 22.2. The molecule has 0 radical (unpaired) electrons. The van der Waals surface area contributed by atoms with Gasteiger partial charge < -0.3 is 91.4 Å². The van der Waals surface area contributed by atoms with E-state index in [1.54, 1.807) is 60.3 Å². The zero-order chi connectivity index (χ0) is 81.0. The Morgan fingerprint density at radius 3 is 0.898 bits per heavy atom. The number of aliphatic hydroxyl groups excluding tert-OH is 9. The lowest BCUT2D eigenvalue weighted by Gasteiger charge is -2.29. The number of phenols is 3. The van der Waals surface area contributed by atoms with Crippen molar-refractivity contribution < 1.29 is 94.3 Å². The van der Waals surface area contributed by atoms with Gasteiger partial charge in [0, 0.05) is 166 Å². The molecule has 606 valence electrons. The summed E-state index contributed by atoms with van der Waals surface area (Å²) in [7, 11) is 4.80. The van der Waals surface area contributed by atoms with Crippen LogP contribution >= 0.6 is 0 Å². The van der Waals surface area contributed by atoms with Gasteiger partial charge in [0.2, 0.25) is 0 Å². The second-order valence-electron chi connectivity index (χ2n) is 31.3. The Hall–Kier alpha value is -6.64. The predicted octanol–water partition coefficient (Wildman–Crippen LogP) is 12.2. The molecule has 0 aromatic heterocycles. The largest absolute Gasteiger partial charge is 0.508 e. The Morgan fingerprint density at radius 1 is 0.389 bits per heavy atom. The number of anilines is 3. The topological polar surface area (TPSA) is 358 Å². The van der Waals surface area contributed by atoms with Crippen LogP contribution in [0.2, 0.25) is 0 Å². The summed E-state index contributed by atoms with van der Waals surface area (Å²) in [5, 5.41) is 133. The fourth-order valence-electron chi connectivity index (χ4n) is 15.8. The molecule has 6 bridgehead atoms. The van der Waals surface area contributed by atoms with E-state index in [1.165, 1.54) is 12.1 Å². The van der Waals surface area contributed by atoms with E-state index in [9.17, 15) is 80.1 Å². The summed E-state index contributed by atoms with van der Waals surface area (Å²) in [6.45, 7) is 25.7. The van der Waals surface area contributed by atoms with E-state index in [0.29, 0.717) is 98.7 Å². The molecule has 0 saturated carbocycles. The Labute approximate surface area is 641 Å². The first-order valence-corrected chi connectivity index (χ1v) is 38.5. The van der Waals surface area contributed by atoms with Gasteiger partial charge in [-0.25, -0.2) is 4.39 Å². The quantitative estimate of drug-likeness (QED) is 0.0885. The summed E-state index contributed by atoms with van der Waals surface area (Å²) >= 11 is 0. The maximum Gasteiger partial charge on any atom is 0.250 e. The molecule has 21 nitrogen and oxygen atoms in total. The van der Waals surface area contributed by atoms with Gasteiger partial charge in [0.05, 0.1) is 36.6 Å². The molecule has 3 aromatic carbocycles. The van der Waals surface area contributed by atoms with Crippen LogP contribution in [-0.4, -0.2) is 177 Å². The van der Waals surface area contributed by atoms with E-state index in [2.05, 4.69) is 29.8 Å². The number of rotatable bonds is 9. The van der Waals surface area contributed by atoms with Crippen molar-refractivity contribution in [3.8, 4) is 17.2 Å². The van der Waals surface area contributed by atoms with Gasteiger partial charge in [-0.1, -0.05) is 78.0 Å². The highest BCUT2D eigenvalue weighted by atomic mass is 19.1. The third kappa shape index (κ3) is 28.0. The van der Waals surface area contributed by atoms with Crippen LogP contribution in [0.5, 0.6) is 17.2 Å². The predicted molar refractivity (Wildman–Crippen MR) is 424 cm³/mol. The minimum absolute atomic E-state index is 0.0676. The first kappa shape index (κ1) is 93.7. The first-order valence-electron chi connectivity index (χ1n) is 38.5. The SMILES string of the molecule is CO[C@H]1/C(C)=C/[C@H](C)[C@@H](O)[C@@H](CO)C[C@H](C)Cc2cc(cc(O)c2C)NC(=O)/C(C)=C/CC[C@@H]1CO.CO[C@H]1/C(C)=C/[C@H](C)[C@@H](O)[C@@H](CO)C[C@H](C)Cc2cc(cc(O)c2C)NC(=O)/C(C)=C/CC[C@@H]1CO.CO[C@H]1/C(C)=C/[C@H](C)[C@@H](O)[C@@H](CO)C[C@H](C)Cc2cc(cc(O)c2F)NC(=O)/C(C)=C/CC[C@@H]1CO. The fourth-order valence-corrected chi connectivity index (χ4v) is 15.8. The highest BCUT2D eigenvalue weighted by Gasteiger charge is 2.33. The third-order valence-electron chi connectivity index (χ3n) is 22.2. The van der Waals surface area contributed by atoms with Crippen LogP contribution in [0.4, 0.5) is 21.5 Å². The van der Waals surface area contributed by atoms with Gasteiger partial charge in [-0.3, -0.25) is 14.4 Å². The van der Waals surface area contributed by atoms with Crippen molar-refractivity contribution in [2.75, 3.05) is 76.9 Å². The number of allylic oxidation sites excluding steroid dienone is 3. The normalized spacial score (nSPS) is 32.2. The molecule has 0 fully saturated rings. The average molecular weight is 1520 g/mol. The summed E-state index contributed by atoms with van der Waals surface area (Å²) in [4.78, 5) is 38.3. The molecule has 0 aliphatic carbocycles. The number of carbonyl (C=O) groups is 3. The van der Waals surface area contributed by atoms with E-state index in [-0.39, 0.29) is 170 Å². The van der Waals surface area contributed by atoms with Crippen LogP contribution in [-0.2, 0) is 47.9 Å². The summed E-state index contributed by atoms with van der Waals surface area (Å²) in [6, 6.07) is 9.56. The minimum atomic E-state index is -0.839. The van der Waals surface area contributed by atoms with Crippen LogP contribution in [0.25, 0.3) is 0 Å². The number of fused-ring (bicyclic) bond motifs is 6.